The highest BCUT2D eigenvalue weighted by atomic mass is 35.5. The minimum Gasteiger partial charge on any atom is -0.441 e. The first kappa shape index (κ1) is 20.4. The van der Waals surface area contributed by atoms with Crippen LogP contribution in [0, 0.1) is 6.92 Å². The van der Waals surface area contributed by atoms with Crippen LogP contribution in [-0.2, 0) is 10.9 Å². The van der Waals surface area contributed by atoms with Crippen molar-refractivity contribution < 1.29 is 22.7 Å². The van der Waals surface area contributed by atoms with Crippen molar-refractivity contribution >= 4 is 23.4 Å². The zero-order valence-corrected chi connectivity index (χ0v) is 14.3. The van der Waals surface area contributed by atoms with Crippen molar-refractivity contribution in [3.05, 3.63) is 47.4 Å². The highest BCUT2D eigenvalue weighted by Crippen LogP contribution is 2.33. The number of carbonyl (C=O) groups excluding carboxylic acids is 1. The van der Waals surface area contributed by atoms with Crippen LogP contribution in [0.1, 0.15) is 38.7 Å². The van der Waals surface area contributed by atoms with Crippen molar-refractivity contribution in [1.29, 1.82) is 0 Å². The van der Waals surface area contributed by atoms with Gasteiger partial charge in [0.25, 0.3) is 0 Å². The molecule has 7 heteroatoms. The molecule has 1 amide bonds. The third kappa shape index (κ3) is 6.07. The molecule has 0 spiro atoms. The average Bonchev–Trinajstić information content (AvgIpc) is 2.51. The number of carbonyl (C=O) groups is 1. The molecule has 0 saturated carbocycles. The van der Waals surface area contributed by atoms with Crippen LogP contribution in [0.15, 0.2) is 29.8 Å². The summed E-state index contributed by atoms with van der Waals surface area (Å²) in [5.41, 5.74) is -0.221. The standard InChI is InChI=1S/C17H20ClF3NO2/c1-4-6-7-11(3)15(5-2)24-16(23)22-14-10-12(17(19,20)21)8-9-13(14)18/h7-10,15H,2,4-6H2,1,3H3,(H,22,23). The van der Waals surface area contributed by atoms with Gasteiger partial charge < -0.3 is 4.74 Å². The van der Waals surface area contributed by atoms with Crippen molar-refractivity contribution in [2.75, 3.05) is 5.32 Å². The summed E-state index contributed by atoms with van der Waals surface area (Å²) in [6, 6.07) is 2.68. The fourth-order valence-corrected chi connectivity index (χ4v) is 2.11. The van der Waals surface area contributed by atoms with E-state index in [0.717, 1.165) is 36.6 Å². The first-order chi connectivity index (χ1) is 11.2. The van der Waals surface area contributed by atoms with Crippen molar-refractivity contribution in [3.63, 3.8) is 0 Å². The van der Waals surface area contributed by atoms with E-state index < -0.39 is 23.9 Å². The number of unbranched alkanes of at least 4 members (excludes halogenated alkanes) is 1. The highest BCUT2D eigenvalue weighted by molar-refractivity contribution is 6.33. The molecule has 1 aromatic carbocycles. The lowest BCUT2D eigenvalue weighted by atomic mass is 10.1. The van der Waals surface area contributed by atoms with E-state index >= 15 is 0 Å². The zero-order chi connectivity index (χ0) is 18.3. The number of hydrogen-bond acceptors (Lipinski definition) is 2. The molecule has 133 valence electrons. The fraction of sp³-hybridized carbons (Fsp3) is 0.412. The van der Waals surface area contributed by atoms with Crippen LogP contribution in [0.2, 0.25) is 5.02 Å². The Morgan fingerprint density at radius 1 is 1.46 bits per heavy atom. The molecule has 1 aromatic rings. The number of benzene rings is 1. The summed E-state index contributed by atoms with van der Waals surface area (Å²) < 4.78 is 43.4. The number of anilines is 1. The van der Waals surface area contributed by atoms with E-state index in [0.29, 0.717) is 6.42 Å². The van der Waals surface area contributed by atoms with Crippen molar-refractivity contribution in [2.45, 2.75) is 45.4 Å². The topological polar surface area (TPSA) is 38.3 Å². The molecule has 1 atom stereocenters. The van der Waals surface area contributed by atoms with Gasteiger partial charge in [-0.05, 0) is 50.5 Å². The second-order valence-electron chi connectivity index (χ2n) is 5.24. The number of amides is 1. The summed E-state index contributed by atoms with van der Waals surface area (Å²) in [7, 11) is 0. The van der Waals surface area contributed by atoms with Gasteiger partial charge in [-0.2, -0.15) is 13.2 Å². The summed E-state index contributed by atoms with van der Waals surface area (Å²) in [4.78, 5) is 11.9. The Labute approximate surface area is 144 Å². The fourth-order valence-electron chi connectivity index (χ4n) is 1.95. The van der Waals surface area contributed by atoms with E-state index in [9.17, 15) is 18.0 Å². The Kier molecular flexibility index (Phi) is 7.60. The van der Waals surface area contributed by atoms with Gasteiger partial charge in [-0.3, -0.25) is 5.32 Å². The van der Waals surface area contributed by atoms with Crippen LogP contribution in [-0.4, -0.2) is 12.2 Å². The Morgan fingerprint density at radius 2 is 2.12 bits per heavy atom. The van der Waals surface area contributed by atoms with Gasteiger partial charge in [0.1, 0.15) is 6.10 Å². The minimum absolute atomic E-state index is 0.00984. The average molecular weight is 363 g/mol. The Hall–Kier alpha value is -1.69. The lowest BCUT2D eigenvalue weighted by Crippen LogP contribution is -2.23. The van der Waals surface area contributed by atoms with E-state index in [4.69, 9.17) is 16.3 Å². The normalized spacial score (nSPS) is 13.5. The maximum Gasteiger partial charge on any atom is 0.416 e. The van der Waals surface area contributed by atoms with Crippen LogP contribution in [0.3, 0.4) is 0 Å². The van der Waals surface area contributed by atoms with Gasteiger partial charge in [-0.15, -0.1) is 0 Å². The summed E-state index contributed by atoms with van der Waals surface area (Å²) in [6.07, 6.45) is -1.90. The molecule has 0 aromatic heterocycles. The summed E-state index contributed by atoms with van der Waals surface area (Å²) in [6.45, 7) is 7.55. The van der Waals surface area contributed by atoms with Gasteiger partial charge in [-0.25, -0.2) is 4.79 Å². The van der Waals surface area contributed by atoms with E-state index in [1.807, 2.05) is 19.9 Å². The minimum atomic E-state index is -4.53. The van der Waals surface area contributed by atoms with Crippen molar-refractivity contribution in [1.82, 2.24) is 0 Å². The number of alkyl halides is 3. The molecule has 0 aliphatic rings. The third-order valence-corrected chi connectivity index (χ3v) is 3.63. The summed E-state index contributed by atoms with van der Waals surface area (Å²) in [5, 5.41) is 2.24. The van der Waals surface area contributed by atoms with Gasteiger partial charge in [-0.1, -0.05) is 31.0 Å². The molecule has 0 bridgehead atoms. The quantitative estimate of drug-likeness (QED) is 0.607. The smallest absolute Gasteiger partial charge is 0.416 e. The lowest BCUT2D eigenvalue weighted by Gasteiger charge is -2.18. The first-order valence-electron chi connectivity index (χ1n) is 7.49. The predicted octanol–water partition coefficient (Wildman–Crippen LogP) is 6.25. The largest absolute Gasteiger partial charge is 0.441 e. The predicted molar refractivity (Wildman–Crippen MR) is 89.0 cm³/mol. The molecule has 1 rings (SSSR count). The van der Waals surface area contributed by atoms with Gasteiger partial charge in [0.15, 0.2) is 0 Å². The highest BCUT2D eigenvalue weighted by Gasteiger charge is 2.31. The molecule has 0 aliphatic carbocycles. The molecule has 1 unspecified atom stereocenters. The van der Waals surface area contributed by atoms with E-state index in [1.54, 1.807) is 0 Å². The van der Waals surface area contributed by atoms with E-state index in [-0.39, 0.29) is 10.7 Å². The van der Waals surface area contributed by atoms with Gasteiger partial charge in [0, 0.05) is 0 Å². The molecule has 0 aliphatic heterocycles. The number of ether oxygens (including phenoxy) is 1. The van der Waals surface area contributed by atoms with Crippen molar-refractivity contribution in [3.8, 4) is 0 Å². The maximum absolute atomic E-state index is 12.7. The van der Waals surface area contributed by atoms with Crippen LogP contribution < -0.4 is 5.32 Å². The lowest BCUT2D eigenvalue weighted by molar-refractivity contribution is -0.137. The second-order valence-corrected chi connectivity index (χ2v) is 5.64. The molecule has 1 N–H and O–H groups in total. The Bertz CT molecular complexity index is 600. The molecule has 0 fully saturated rings. The molecule has 0 heterocycles. The summed E-state index contributed by atoms with van der Waals surface area (Å²) >= 11 is 5.83. The molecule has 0 saturated heterocycles. The van der Waals surface area contributed by atoms with Crippen molar-refractivity contribution in [2.24, 2.45) is 0 Å². The van der Waals surface area contributed by atoms with Crippen LogP contribution >= 0.6 is 11.6 Å². The van der Waals surface area contributed by atoms with Crippen LogP contribution in [0.5, 0.6) is 0 Å². The van der Waals surface area contributed by atoms with E-state index in [2.05, 4.69) is 12.2 Å². The number of hydrogen-bond donors (Lipinski definition) is 1. The van der Waals surface area contributed by atoms with Crippen LogP contribution in [0.25, 0.3) is 0 Å². The number of allylic oxidation sites excluding steroid dienone is 1. The third-order valence-electron chi connectivity index (χ3n) is 3.30. The van der Waals surface area contributed by atoms with Gasteiger partial charge >= 0.3 is 12.3 Å². The van der Waals surface area contributed by atoms with E-state index in [1.165, 1.54) is 0 Å². The molecule has 3 nitrogen and oxygen atoms in total. The first-order valence-corrected chi connectivity index (χ1v) is 7.87. The van der Waals surface area contributed by atoms with Gasteiger partial charge in [0.05, 0.1) is 16.3 Å². The number of nitrogens with one attached hydrogen (secondary N) is 1. The summed E-state index contributed by atoms with van der Waals surface area (Å²) in [5.74, 6) is 0. The van der Waals surface area contributed by atoms with Gasteiger partial charge in [0.2, 0.25) is 0 Å². The maximum atomic E-state index is 12.7. The molecular weight excluding hydrogens is 343 g/mol. The van der Waals surface area contributed by atoms with Crippen LogP contribution in [0.4, 0.5) is 23.7 Å². The molecular formula is C17H20ClF3NO2. The monoisotopic (exact) mass is 362 g/mol. The SMILES string of the molecule is [CH2]CC(OC(=O)Nc1cc(C(F)(F)F)ccc1Cl)C(C)=CCCC. The molecule has 1 radical (unpaired) electrons. The second kappa shape index (κ2) is 8.97. The zero-order valence-electron chi connectivity index (χ0n) is 13.5. The number of rotatable bonds is 6. The molecule has 24 heavy (non-hydrogen) atoms. The Morgan fingerprint density at radius 3 is 2.67 bits per heavy atom. The Balaban J connectivity index is 2.84. The number of halogens is 4.